The van der Waals surface area contributed by atoms with Crippen LogP contribution in [0.1, 0.15) is 45.1 Å². The Balaban J connectivity index is 1.58. The topological polar surface area (TPSA) is 61.4 Å². The van der Waals surface area contributed by atoms with Crippen molar-refractivity contribution >= 4 is 23.4 Å². The summed E-state index contributed by atoms with van der Waals surface area (Å²) < 4.78 is 0. The average molecular weight is 392 g/mol. The maximum absolute atomic E-state index is 13.2. The maximum Gasteiger partial charge on any atom is 0.237 e. The molecule has 2 aliphatic heterocycles. The van der Waals surface area contributed by atoms with Crippen LogP contribution in [0.2, 0.25) is 5.02 Å². The zero-order valence-electron chi connectivity index (χ0n) is 16.3. The summed E-state index contributed by atoms with van der Waals surface area (Å²) in [5.41, 5.74) is 0.312. The molecule has 5 nitrogen and oxygen atoms in total. The number of carbonyl (C=O) groups is 2. The number of benzene rings is 1. The molecule has 0 aliphatic carbocycles. The first kappa shape index (κ1) is 20.2. The van der Waals surface area contributed by atoms with E-state index < -0.39 is 5.41 Å². The average Bonchev–Trinajstić information content (AvgIpc) is 3.20. The van der Waals surface area contributed by atoms with Crippen LogP contribution in [0.15, 0.2) is 24.3 Å². The van der Waals surface area contributed by atoms with Crippen molar-refractivity contribution in [2.45, 2.75) is 51.0 Å². The van der Waals surface area contributed by atoms with Crippen LogP contribution in [0.3, 0.4) is 0 Å². The fourth-order valence-corrected chi connectivity index (χ4v) is 4.28. The third-order valence-electron chi connectivity index (χ3n) is 5.83. The maximum atomic E-state index is 13.2. The third kappa shape index (κ3) is 4.82. The van der Waals surface area contributed by atoms with Gasteiger partial charge in [-0.3, -0.25) is 9.59 Å². The third-order valence-corrected chi connectivity index (χ3v) is 6.06. The molecular weight excluding hydrogens is 362 g/mol. The monoisotopic (exact) mass is 391 g/mol. The largest absolute Gasteiger partial charge is 0.354 e. The molecule has 2 N–H and O–H groups in total. The van der Waals surface area contributed by atoms with Gasteiger partial charge < -0.3 is 15.5 Å². The van der Waals surface area contributed by atoms with Crippen molar-refractivity contribution < 1.29 is 9.59 Å². The molecule has 2 amide bonds. The summed E-state index contributed by atoms with van der Waals surface area (Å²) >= 11 is 6.12. The zero-order valence-corrected chi connectivity index (χ0v) is 17.0. The Labute approximate surface area is 166 Å². The standard InChI is InChI=1S/C21H30ClN3O2/c1-21(2,16-7-3-8-17(22)12-16)20(27)25-11-5-6-15(14-25)13-24-19(26)18-9-4-10-23-18/h3,7-8,12,15,18,23H,4-6,9-11,13-14H2,1-2H3,(H,24,26). The summed E-state index contributed by atoms with van der Waals surface area (Å²) in [4.78, 5) is 27.4. The highest BCUT2D eigenvalue weighted by Gasteiger charge is 2.36. The van der Waals surface area contributed by atoms with Gasteiger partial charge in [0, 0.05) is 24.7 Å². The molecule has 0 saturated carbocycles. The molecule has 2 unspecified atom stereocenters. The van der Waals surface area contributed by atoms with E-state index in [0.717, 1.165) is 44.3 Å². The number of carbonyl (C=O) groups excluding carboxylic acids is 2. The molecule has 2 saturated heterocycles. The van der Waals surface area contributed by atoms with Crippen molar-refractivity contribution in [3.05, 3.63) is 34.9 Å². The van der Waals surface area contributed by atoms with Gasteiger partial charge in [-0.05, 0) is 69.7 Å². The van der Waals surface area contributed by atoms with E-state index >= 15 is 0 Å². The van der Waals surface area contributed by atoms with E-state index in [1.165, 1.54) is 0 Å². The van der Waals surface area contributed by atoms with Crippen LogP contribution in [-0.2, 0) is 15.0 Å². The van der Waals surface area contributed by atoms with Gasteiger partial charge in [-0.1, -0.05) is 23.7 Å². The van der Waals surface area contributed by atoms with Crippen LogP contribution < -0.4 is 10.6 Å². The molecule has 2 fully saturated rings. The Morgan fingerprint density at radius 1 is 1.30 bits per heavy atom. The van der Waals surface area contributed by atoms with Gasteiger partial charge in [-0.2, -0.15) is 0 Å². The van der Waals surface area contributed by atoms with E-state index in [1.807, 2.05) is 43.0 Å². The molecule has 0 radical (unpaired) electrons. The molecule has 6 heteroatoms. The Morgan fingerprint density at radius 2 is 2.11 bits per heavy atom. The molecule has 1 aromatic rings. The normalized spacial score (nSPS) is 23.3. The van der Waals surface area contributed by atoms with Crippen molar-refractivity contribution in [3.63, 3.8) is 0 Å². The Hall–Kier alpha value is -1.59. The van der Waals surface area contributed by atoms with E-state index in [-0.39, 0.29) is 17.9 Å². The lowest BCUT2D eigenvalue weighted by molar-refractivity contribution is -0.138. The minimum Gasteiger partial charge on any atom is -0.354 e. The number of nitrogens with zero attached hydrogens (tertiary/aromatic N) is 1. The van der Waals surface area contributed by atoms with Crippen LogP contribution in [0.5, 0.6) is 0 Å². The summed E-state index contributed by atoms with van der Waals surface area (Å²) in [6.07, 6.45) is 3.98. The Kier molecular flexibility index (Phi) is 6.43. The first-order valence-electron chi connectivity index (χ1n) is 9.94. The van der Waals surface area contributed by atoms with Gasteiger partial charge in [0.15, 0.2) is 0 Å². The van der Waals surface area contributed by atoms with Crippen LogP contribution >= 0.6 is 11.6 Å². The predicted molar refractivity (Wildman–Crippen MR) is 108 cm³/mol. The lowest BCUT2D eigenvalue weighted by atomic mass is 9.82. The van der Waals surface area contributed by atoms with E-state index in [4.69, 9.17) is 11.6 Å². The SMILES string of the molecule is CC(C)(C(=O)N1CCCC(CNC(=O)C2CCCN2)C1)c1cccc(Cl)c1. The van der Waals surface area contributed by atoms with E-state index in [2.05, 4.69) is 10.6 Å². The molecule has 2 aliphatic rings. The lowest BCUT2D eigenvalue weighted by Crippen LogP contribution is -2.50. The Morgan fingerprint density at radius 3 is 2.81 bits per heavy atom. The summed E-state index contributed by atoms with van der Waals surface area (Å²) in [7, 11) is 0. The molecule has 2 atom stereocenters. The molecule has 0 bridgehead atoms. The van der Waals surface area contributed by atoms with Gasteiger partial charge in [0.1, 0.15) is 0 Å². The Bertz CT molecular complexity index is 686. The number of rotatable bonds is 5. The summed E-state index contributed by atoms with van der Waals surface area (Å²) in [6, 6.07) is 7.49. The first-order chi connectivity index (χ1) is 12.9. The van der Waals surface area contributed by atoms with E-state index in [9.17, 15) is 9.59 Å². The fraction of sp³-hybridized carbons (Fsp3) is 0.619. The smallest absolute Gasteiger partial charge is 0.237 e. The molecule has 0 aromatic heterocycles. The number of amides is 2. The van der Waals surface area contributed by atoms with Crippen LogP contribution in [0.4, 0.5) is 0 Å². The molecule has 2 heterocycles. The number of halogens is 1. The zero-order chi connectivity index (χ0) is 19.4. The van der Waals surface area contributed by atoms with Crippen LogP contribution in [-0.4, -0.2) is 48.9 Å². The van der Waals surface area contributed by atoms with Crippen molar-refractivity contribution in [1.29, 1.82) is 0 Å². The molecular formula is C21H30ClN3O2. The van der Waals surface area contributed by atoms with Gasteiger partial charge in [0.2, 0.25) is 11.8 Å². The van der Waals surface area contributed by atoms with Crippen molar-refractivity contribution in [1.82, 2.24) is 15.5 Å². The van der Waals surface area contributed by atoms with E-state index in [0.29, 0.717) is 24.0 Å². The number of hydrogen-bond acceptors (Lipinski definition) is 3. The highest BCUT2D eigenvalue weighted by molar-refractivity contribution is 6.30. The summed E-state index contributed by atoms with van der Waals surface area (Å²) in [5, 5.41) is 6.95. The van der Waals surface area contributed by atoms with Gasteiger partial charge >= 0.3 is 0 Å². The van der Waals surface area contributed by atoms with Gasteiger partial charge in [-0.25, -0.2) is 0 Å². The van der Waals surface area contributed by atoms with Gasteiger partial charge in [-0.15, -0.1) is 0 Å². The van der Waals surface area contributed by atoms with Gasteiger partial charge in [0.05, 0.1) is 11.5 Å². The molecule has 0 spiro atoms. The number of hydrogen-bond donors (Lipinski definition) is 2. The highest BCUT2D eigenvalue weighted by Crippen LogP contribution is 2.29. The molecule has 1 aromatic carbocycles. The fourth-order valence-electron chi connectivity index (χ4n) is 4.09. The van der Waals surface area contributed by atoms with Crippen molar-refractivity contribution in [3.8, 4) is 0 Å². The highest BCUT2D eigenvalue weighted by atomic mass is 35.5. The van der Waals surface area contributed by atoms with E-state index in [1.54, 1.807) is 0 Å². The second-order valence-corrected chi connectivity index (χ2v) is 8.73. The molecule has 27 heavy (non-hydrogen) atoms. The van der Waals surface area contributed by atoms with Crippen LogP contribution in [0, 0.1) is 5.92 Å². The quantitative estimate of drug-likeness (QED) is 0.811. The summed E-state index contributed by atoms with van der Waals surface area (Å²) in [5.74, 6) is 0.525. The summed E-state index contributed by atoms with van der Waals surface area (Å²) in [6.45, 7) is 6.94. The second kappa shape index (κ2) is 8.61. The van der Waals surface area contributed by atoms with Crippen molar-refractivity contribution in [2.24, 2.45) is 5.92 Å². The molecule has 3 rings (SSSR count). The predicted octanol–water partition coefficient (Wildman–Crippen LogP) is 2.72. The van der Waals surface area contributed by atoms with Gasteiger partial charge in [0.25, 0.3) is 0 Å². The number of likely N-dealkylation sites (tertiary alicyclic amines) is 1. The van der Waals surface area contributed by atoms with Crippen molar-refractivity contribution in [2.75, 3.05) is 26.2 Å². The first-order valence-corrected chi connectivity index (χ1v) is 10.3. The minimum atomic E-state index is -0.621. The molecule has 148 valence electrons. The number of nitrogens with one attached hydrogen (secondary N) is 2. The second-order valence-electron chi connectivity index (χ2n) is 8.29. The minimum absolute atomic E-state index is 0.0481. The van der Waals surface area contributed by atoms with Crippen LogP contribution in [0.25, 0.3) is 0 Å². The number of piperidine rings is 1. The lowest BCUT2D eigenvalue weighted by Gasteiger charge is -2.38.